The first kappa shape index (κ1) is 6.96. The standard InChI is InChI=1S/C6H5BN4O/c7-2-1-9-4-3(2)5(12)11-6(8)10-4/h1H,(H4,8,9,10,11,12). The van der Waals surface area contributed by atoms with E-state index in [9.17, 15) is 4.79 Å². The predicted molar refractivity (Wildman–Crippen MR) is 46.5 cm³/mol. The van der Waals surface area contributed by atoms with Gasteiger partial charge in [0.05, 0.1) is 5.39 Å². The van der Waals surface area contributed by atoms with Crippen LogP contribution in [0.2, 0.25) is 0 Å². The maximum atomic E-state index is 11.2. The molecular formula is C6H5BN4O. The molecule has 58 valence electrons. The lowest BCUT2D eigenvalue weighted by molar-refractivity contribution is 1.18. The van der Waals surface area contributed by atoms with Gasteiger partial charge in [0, 0.05) is 0 Å². The fraction of sp³-hybridized carbons (Fsp3) is 0. The van der Waals surface area contributed by atoms with Gasteiger partial charge in [-0.2, -0.15) is 4.98 Å². The maximum Gasteiger partial charge on any atom is 0.261 e. The van der Waals surface area contributed by atoms with Crippen molar-refractivity contribution < 1.29 is 0 Å². The number of aromatic nitrogens is 3. The van der Waals surface area contributed by atoms with E-state index in [1.165, 1.54) is 6.20 Å². The van der Waals surface area contributed by atoms with Crippen LogP contribution in [0.4, 0.5) is 5.95 Å². The highest BCUT2D eigenvalue weighted by Crippen LogP contribution is 2.00. The van der Waals surface area contributed by atoms with Crippen LogP contribution in [0.3, 0.4) is 0 Å². The Kier molecular flexibility index (Phi) is 1.24. The first-order valence-electron chi connectivity index (χ1n) is 3.31. The number of fused-ring (bicyclic) bond motifs is 1. The number of rotatable bonds is 0. The van der Waals surface area contributed by atoms with Crippen LogP contribution < -0.4 is 16.8 Å². The van der Waals surface area contributed by atoms with Crippen molar-refractivity contribution in [1.82, 2.24) is 15.0 Å². The van der Waals surface area contributed by atoms with E-state index in [1.54, 1.807) is 0 Å². The zero-order chi connectivity index (χ0) is 8.72. The van der Waals surface area contributed by atoms with Crippen LogP contribution in [0.15, 0.2) is 11.0 Å². The summed E-state index contributed by atoms with van der Waals surface area (Å²) in [5.41, 5.74) is 5.77. The summed E-state index contributed by atoms with van der Waals surface area (Å²) in [6, 6.07) is 0. The minimum atomic E-state index is -0.323. The lowest BCUT2D eigenvalue weighted by Crippen LogP contribution is -2.16. The highest BCUT2D eigenvalue weighted by Gasteiger charge is 2.04. The molecule has 0 fully saturated rings. The molecule has 0 amide bonds. The second kappa shape index (κ2) is 2.13. The van der Waals surface area contributed by atoms with Crippen LogP contribution >= 0.6 is 0 Å². The molecule has 2 aromatic rings. The lowest BCUT2D eigenvalue weighted by Gasteiger charge is -1.92. The first-order chi connectivity index (χ1) is 5.68. The number of H-pyrrole nitrogens is 2. The van der Waals surface area contributed by atoms with Crippen molar-refractivity contribution >= 4 is 30.3 Å². The molecule has 0 unspecified atom stereocenters. The fourth-order valence-electron chi connectivity index (χ4n) is 1.08. The summed E-state index contributed by atoms with van der Waals surface area (Å²) in [7, 11) is 5.50. The van der Waals surface area contributed by atoms with Crippen molar-refractivity contribution in [2.45, 2.75) is 0 Å². The normalized spacial score (nSPS) is 10.7. The molecule has 0 aliphatic rings. The minimum Gasteiger partial charge on any atom is -0.369 e. The summed E-state index contributed by atoms with van der Waals surface area (Å²) in [6.45, 7) is 0. The molecule has 0 bridgehead atoms. The lowest BCUT2D eigenvalue weighted by atomic mass is 9.97. The van der Waals surface area contributed by atoms with Gasteiger partial charge in [-0.25, -0.2) is 0 Å². The molecule has 12 heavy (non-hydrogen) atoms. The second-order valence-electron chi connectivity index (χ2n) is 2.42. The molecule has 4 N–H and O–H groups in total. The summed E-state index contributed by atoms with van der Waals surface area (Å²) >= 11 is 0. The molecule has 0 saturated heterocycles. The third-order valence-corrected chi connectivity index (χ3v) is 1.59. The molecule has 0 atom stereocenters. The van der Waals surface area contributed by atoms with Crippen molar-refractivity contribution in [3.05, 3.63) is 16.6 Å². The van der Waals surface area contributed by atoms with Crippen molar-refractivity contribution in [3.8, 4) is 0 Å². The first-order valence-corrected chi connectivity index (χ1v) is 3.31. The topological polar surface area (TPSA) is 87.6 Å². The Hall–Kier alpha value is -1.72. The number of hydrogen-bond acceptors (Lipinski definition) is 3. The van der Waals surface area contributed by atoms with E-state index in [0.29, 0.717) is 16.5 Å². The summed E-state index contributed by atoms with van der Waals surface area (Å²) in [4.78, 5) is 20.1. The Morgan fingerprint density at radius 1 is 1.58 bits per heavy atom. The number of nitrogens with zero attached hydrogens (tertiary/aromatic N) is 1. The molecule has 0 aliphatic carbocycles. The van der Waals surface area contributed by atoms with Crippen molar-refractivity contribution in [1.29, 1.82) is 0 Å². The third-order valence-electron chi connectivity index (χ3n) is 1.59. The predicted octanol–water partition coefficient (Wildman–Crippen LogP) is -1.37. The number of anilines is 1. The van der Waals surface area contributed by atoms with Gasteiger partial charge in [0.15, 0.2) is 0 Å². The summed E-state index contributed by atoms with van der Waals surface area (Å²) < 4.78 is 0. The van der Waals surface area contributed by atoms with Gasteiger partial charge >= 0.3 is 0 Å². The van der Waals surface area contributed by atoms with Crippen LogP contribution in [0.25, 0.3) is 11.0 Å². The van der Waals surface area contributed by atoms with Crippen LogP contribution in [0.1, 0.15) is 0 Å². The number of nitrogens with two attached hydrogens (primary N) is 1. The van der Waals surface area contributed by atoms with Crippen LogP contribution in [-0.2, 0) is 0 Å². The smallest absolute Gasteiger partial charge is 0.261 e. The quantitative estimate of drug-likeness (QED) is 0.415. The Bertz CT molecular complexity index is 486. The molecule has 2 radical (unpaired) electrons. The van der Waals surface area contributed by atoms with Gasteiger partial charge < -0.3 is 10.7 Å². The van der Waals surface area contributed by atoms with Crippen molar-refractivity contribution in [2.75, 3.05) is 5.73 Å². The van der Waals surface area contributed by atoms with E-state index >= 15 is 0 Å². The zero-order valence-electron chi connectivity index (χ0n) is 6.09. The van der Waals surface area contributed by atoms with Gasteiger partial charge in [-0.1, -0.05) is 5.46 Å². The molecular weight excluding hydrogens is 155 g/mol. The van der Waals surface area contributed by atoms with Gasteiger partial charge in [0.2, 0.25) is 5.95 Å². The SMILES string of the molecule is [B]c1c[nH]c2nc(N)[nH]c(=O)c12. The van der Waals surface area contributed by atoms with Crippen LogP contribution in [-0.4, -0.2) is 22.8 Å². The minimum absolute atomic E-state index is 0.0781. The Morgan fingerprint density at radius 2 is 2.33 bits per heavy atom. The van der Waals surface area contributed by atoms with Gasteiger partial charge in [0.25, 0.3) is 5.56 Å². The summed E-state index contributed by atoms with van der Waals surface area (Å²) in [5, 5.41) is 0.351. The van der Waals surface area contributed by atoms with E-state index in [4.69, 9.17) is 13.6 Å². The molecule has 2 aromatic heterocycles. The van der Waals surface area contributed by atoms with Gasteiger partial charge in [-0.3, -0.25) is 9.78 Å². The molecule has 2 heterocycles. The monoisotopic (exact) mass is 160 g/mol. The summed E-state index contributed by atoms with van der Waals surface area (Å²) in [5.74, 6) is 0.0781. The van der Waals surface area contributed by atoms with Crippen molar-refractivity contribution in [3.63, 3.8) is 0 Å². The highest BCUT2D eigenvalue weighted by atomic mass is 16.1. The third kappa shape index (κ3) is 0.811. The van der Waals surface area contributed by atoms with E-state index < -0.39 is 0 Å². The number of nitrogens with one attached hydrogen (secondary N) is 2. The zero-order valence-corrected chi connectivity index (χ0v) is 6.09. The molecule has 0 aliphatic heterocycles. The van der Waals surface area contributed by atoms with Crippen LogP contribution in [0.5, 0.6) is 0 Å². The molecule has 5 nitrogen and oxygen atoms in total. The molecule has 0 aromatic carbocycles. The maximum absolute atomic E-state index is 11.2. The van der Waals surface area contributed by atoms with E-state index in [2.05, 4.69) is 15.0 Å². The Morgan fingerprint density at radius 3 is 3.08 bits per heavy atom. The Balaban J connectivity index is 3.03. The van der Waals surface area contributed by atoms with E-state index in [0.717, 1.165) is 0 Å². The van der Waals surface area contributed by atoms with E-state index in [-0.39, 0.29) is 11.5 Å². The van der Waals surface area contributed by atoms with Gasteiger partial charge in [-0.15, -0.1) is 0 Å². The Labute approximate surface area is 68.4 Å². The largest absolute Gasteiger partial charge is 0.369 e. The fourth-order valence-corrected chi connectivity index (χ4v) is 1.08. The number of aromatic amines is 2. The van der Waals surface area contributed by atoms with Crippen molar-refractivity contribution in [2.24, 2.45) is 0 Å². The molecule has 0 spiro atoms. The van der Waals surface area contributed by atoms with Gasteiger partial charge in [0.1, 0.15) is 13.5 Å². The molecule has 2 rings (SSSR count). The molecule has 6 heteroatoms. The molecule has 0 saturated carbocycles. The average Bonchev–Trinajstić information content (AvgIpc) is 2.31. The average molecular weight is 160 g/mol. The number of hydrogen-bond donors (Lipinski definition) is 3. The van der Waals surface area contributed by atoms with E-state index in [1.807, 2.05) is 0 Å². The highest BCUT2D eigenvalue weighted by molar-refractivity contribution is 6.38. The van der Waals surface area contributed by atoms with Gasteiger partial charge in [-0.05, 0) is 6.20 Å². The van der Waals surface area contributed by atoms with Crippen LogP contribution in [0, 0.1) is 0 Å². The number of nitrogen functional groups attached to an aromatic ring is 1. The second-order valence-corrected chi connectivity index (χ2v) is 2.42. The summed E-state index contributed by atoms with van der Waals surface area (Å²) in [6.07, 6.45) is 1.51.